The van der Waals surface area contributed by atoms with Crippen LogP contribution in [0.25, 0.3) is 10.6 Å². The zero-order chi connectivity index (χ0) is 14.0. The summed E-state index contributed by atoms with van der Waals surface area (Å²) in [4.78, 5) is 5.45. The van der Waals surface area contributed by atoms with E-state index >= 15 is 0 Å². The molecule has 0 bridgehead atoms. The van der Waals surface area contributed by atoms with Crippen LogP contribution in [-0.2, 0) is 12.6 Å². The van der Waals surface area contributed by atoms with Crippen molar-refractivity contribution in [3.05, 3.63) is 40.4 Å². The van der Waals surface area contributed by atoms with Gasteiger partial charge in [0.1, 0.15) is 5.01 Å². The molecule has 1 nitrogen and oxygen atoms in total. The van der Waals surface area contributed by atoms with Crippen molar-refractivity contribution in [2.45, 2.75) is 19.5 Å². The molecule has 1 aromatic carbocycles. The third-order valence-corrected chi connectivity index (χ3v) is 4.31. The first kappa shape index (κ1) is 14.5. The number of hydrogen-bond acceptors (Lipinski definition) is 2. The number of hydrogen-bond donors (Lipinski definition) is 0. The normalized spacial score (nSPS) is 11.8. The molecule has 1 heterocycles. The molecule has 2 aromatic rings. The van der Waals surface area contributed by atoms with E-state index < -0.39 is 11.7 Å². The maximum atomic E-state index is 12.7. The van der Waals surface area contributed by atoms with Crippen LogP contribution in [0.15, 0.2) is 24.3 Å². The number of nitrogens with zero attached hydrogens (tertiary/aromatic N) is 1. The van der Waals surface area contributed by atoms with Crippen molar-refractivity contribution < 1.29 is 13.2 Å². The molecule has 6 heteroatoms. The van der Waals surface area contributed by atoms with Gasteiger partial charge in [-0.05, 0) is 25.5 Å². The lowest BCUT2D eigenvalue weighted by Gasteiger charge is -2.07. The van der Waals surface area contributed by atoms with E-state index in [1.54, 1.807) is 6.07 Å². The molecule has 2 rings (SSSR count). The topological polar surface area (TPSA) is 12.9 Å². The Kier molecular flexibility index (Phi) is 4.30. The lowest BCUT2D eigenvalue weighted by Crippen LogP contribution is -2.04. The fourth-order valence-corrected chi connectivity index (χ4v) is 3.42. The summed E-state index contributed by atoms with van der Waals surface area (Å²) in [6.07, 6.45) is -3.48. The lowest BCUT2D eigenvalue weighted by molar-refractivity contribution is -0.137. The van der Waals surface area contributed by atoms with Gasteiger partial charge in [0.05, 0.1) is 11.3 Å². The summed E-state index contributed by atoms with van der Waals surface area (Å²) < 4.78 is 38.0. The molecule has 0 radical (unpaired) electrons. The number of aromatic nitrogens is 1. The van der Waals surface area contributed by atoms with Gasteiger partial charge in [-0.15, -0.1) is 11.3 Å². The molecule has 0 atom stereocenters. The maximum absolute atomic E-state index is 12.7. The molecule has 1 aromatic heterocycles. The van der Waals surface area contributed by atoms with Crippen LogP contribution in [0.3, 0.4) is 0 Å². The first-order valence-electron chi connectivity index (χ1n) is 5.61. The first-order chi connectivity index (χ1) is 8.91. The van der Waals surface area contributed by atoms with Crippen LogP contribution in [0.2, 0.25) is 0 Å². The summed E-state index contributed by atoms with van der Waals surface area (Å²) in [5.74, 6) is 0. The van der Waals surface area contributed by atoms with Crippen molar-refractivity contribution >= 4 is 27.3 Å². The van der Waals surface area contributed by atoms with Gasteiger partial charge in [0, 0.05) is 15.8 Å². The van der Waals surface area contributed by atoms with E-state index in [2.05, 4.69) is 20.9 Å². The Bertz CT molecular complexity index is 578. The van der Waals surface area contributed by atoms with Crippen LogP contribution < -0.4 is 0 Å². The molecular weight excluding hydrogens is 339 g/mol. The summed E-state index contributed by atoms with van der Waals surface area (Å²) in [5, 5.41) is 1.46. The summed E-state index contributed by atoms with van der Waals surface area (Å²) in [6, 6.07) is 5.30. The molecule has 0 saturated carbocycles. The molecule has 0 N–H and O–H groups in total. The molecular formula is C13H11BrF3NS. The van der Waals surface area contributed by atoms with Crippen molar-refractivity contribution in [2.75, 3.05) is 5.33 Å². The fraction of sp³-hybridized carbons (Fsp3) is 0.308. The Hall–Kier alpha value is -0.880. The smallest absolute Gasteiger partial charge is 0.241 e. The van der Waals surface area contributed by atoms with Gasteiger partial charge in [-0.3, -0.25) is 0 Å². The molecule has 0 aliphatic rings. The van der Waals surface area contributed by atoms with Crippen molar-refractivity contribution in [3.8, 4) is 10.6 Å². The first-order valence-corrected chi connectivity index (χ1v) is 7.55. The van der Waals surface area contributed by atoms with E-state index in [1.165, 1.54) is 17.4 Å². The van der Waals surface area contributed by atoms with E-state index in [0.29, 0.717) is 10.6 Å². The number of thiazole rings is 1. The number of rotatable bonds is 3. The van der Waals surface area contributed by atoms with E-state index in [0.717, 1.165) is 34.5 Å². The highest BCUT2D eigenvalue weighted by Gasteiger charge is 2.30. The van der Waals surface area contributed by atoms with E-state index in [1.807, 2.05) is 6.92 Å². The van der Waals surface area contributed by atoms with Gasteiger partial charge in [-0.25, -0.2) is 4.98 Å². The van der Waals surface area contributed by atoms with Crippen LogP contribution in [-0.4, -0.2) is 10.3 Å². The predicted octanol–water partition coefficient (Wildman–Crippen LogP) is 5.07. The highest BCUT2D eigenvalue weighted by atomic mass is 79.9. The van der Waals surface area contributed by atoms with E-state index in [9.17, 15) is 13.2 Å². The Balaban J connectivity index is 2.39. The molecule has 102 valence electrons. The number of halogens is 4. The second-order valence-electron chi connectivity index (χ2n) is 4.05. The Morgan fingerprint density at radius 2 is 2.05 bits per heavy atom. The Labute approximate surface area is 121 Å². The minimum Gasteiger partial charge on any atom is -0.241 e. The summed E-state index contributed by atoms with van der Waals surface area (Å²) >= 11 is 4.80. The molecule has 0 aliphatic carbocycles. The second-order valence-corrected chi connectivity index (χ2v) is 5.92. The standard InChI is InChI=1S/C13H11BrF3NS/c1-8-11(5-6-14)19-12(18-8)9-3-2-4-10(7-9)13(15,16)17/h2-4,7H,5-6H2,1H3. The zero-order valence-corrected chi connectivity index (χ0v) is 12.5. The third-order valence-electron chi connectivity index (χ3n) is 2.65. The molecule has 0 amide bonds. The monoisotopic (exact) mass is 349 g/mol. The van der Waals surface area contributed by atoms with Crippen LogP contribution in [0.4, 0.5) is 13.2 Å². The Morgan fingerprint density at radius 3 is 2.68 bits per heavy atom. The van der Waals surface area contributed by atoms with E-state index in [-0.39, 0.29) is 0 Å². The summed E-state index contributed by atoms with van der Waals surface area (Å²) in [5.41, 5.74) is 0.764. The molecule has 0 aliphatic heterocycles. The molecule has 0 fully saturated rings. The van der Waals surface area contributed by atoms with Crippen molar-refractivity contribution in [2.24, 2.45) is 0 Å². The zero-order valence-electron chi connectivity index (χ0n) is 10.1. The van der Waals surface area contributed by atoms with Crippen molar-refractivity contribution in [1.29, 1.82) is 0 Å². The van der Waals surface area contributed by atoms with Gasteiger partial charge in [-0.2, -0.15) is 13.2 Å². The lowest BCUT2D eigenvalue weighted by atomic mass is 10.1. The molecule has 19 heavy (non-hydrogen) atoms. The van der Waals surface area contributed by atoms with Gasteiger partial charge in [-0.1, -0.05) is 28.1 Å². The highest BCUT2D eigenvalue weighted by molar-refractivity contribution is 9.09. The molecule has 0 unspecified atom stereocenters. The van der Waals surface area contributed by atoms with Crippen molar-refractivity contribution in [3.63, 3.8) is 0 Å². The number of aryl methyl sites for hydroxylation is 2. The van der Waals surface area contributed by atoms with Crippen LogP contribution in [0.1, 0.15) is 16.1 Å². The van der Waals surface area contributed by atoms with E-state index in [4.69, 9.17) is 0 Å². The van der Waals surface area contributed by atoms with Gasteiger partial charge < -0.3 is 0 Å². The average Bonchev–Trinajstić information content (AvgIpc) is 2.71. The average molecular weight is 350 g/mol. The maximum Gasteiger partial charge on any atom is 0.416 e. The predicted molar refractivity (Wildman–Crippen MR) is 74.8 cm³/mol. The van der Waals surface area contributed by atoms with Gasteiger partial charge in [0.2, 0.25) is 0 Å². The molecule has 0 spiro atoms. The van der Waals surface area contributed by atoms with Gasteiger partial charge in [0.15, 0.2) is 0 Å². The minimum atomic E-state index is -4.32. The van der Waals surface area contributed by atoms with Crippen LogP contribution in [0, 0.1) is 6.92 Å². The summed E-state index contributed by atoms with van der Waals surface area (Å²) in [6.45, 7) is 1.88. The Morgan fingerprint density at radius 1 is 1.32 bits per heavy atom. The molecule has 0 saturated heterocycles. The van der Waals surface area contributed by atoms with Crippen molar-refractivity contribution in [1.82, 2.24) is 4.98 Å². The summed E-state index contributed by atoms with van der Waals surface area (Å²) in [7, 11) is 0. The van der Waals surface area contributed by atoms with Gasteiger partial charge in [0.25, 0.3) is 0 Å². The van der Waals surface area contributed by atoms with Crippen LogP contribution >= 0.6 is 27.3 Å². The third kappa shape index (κ3) is 3.36. The minimum absolute atomic E-state index is 0.517. The number of alkyl halides is 4. The highest BCUT2D eigenvalue weighted by Crippen LogP contribution is 2.34. The quantitative estimate of drug-likeness (QED) is 0.704. The second kappa shape index (κ2) is 5.63. The largest absolute Gasteiger partial charge is 0.416 e. The van der Waals surface area contributed by atoms with Gasteiger partial charge >= 0.3 is 6.18 Å². The SMILES string of the molecule is Cc1nc(-c2cccc(C(F)(F)F)c2)sc1CCBr. The van der Waals surface area contributed by atoms with Crippen LogP contribution in [0.5, 0.6) is 0 Å². The fourth-order valence-electron chi connectivity index (χ4n) is 1.70. The number of benzene rings is 1.